The van der Waals surface area contributed by atoms with Crippen molar-refractivity contribution in [1.82, 2.24) is 20.0 Å². The lowest BCUT2D eigenvalue weighted by Gasteiger charge is -2.41. The van der Waals surface area contributed by atoms with Crippen molar-refractivity contribution in [1.29, 1.82) is 0 Å². The minimum Gasteiger partial charge on any atom is -0.420 e. The fraction of sp³-hybridized carbons (Fsp3) is 0.370. The molecule has 198 valence electrons. The molecule has 2 N–H and O–H groups in total. The molecule has 8 nitrogen and oxygen atoms in total. The van der Waals surface area contributed by atoms with Gasteiger partial charge in [-0.3, -0.25) is 9.59 Å². The molecule has 5 atom stereocenters. The van der Waals surface area contributed by atoms with Gasteiger partial charge in [-0.25, -0.2) is 4.68 Å². The van der Waals surface area contributed by atoms with Crippen molar-refractivity contribution in [2.24, 2.45) is 11.8 Å². The first-order valence-corrected chi connectivity index (χ1v) is 12.9. The smallest absolute Gasteiger partial charge is 0.420 e. The van der Waals surface area contributed by atoms with Crippen LogP contribution in [0.4, 0.5) is 14.5 Å². The topological polar surface area (TPSA) is 88.5 Å². The molecule has 2 aromatic rings. The Kier molecular flexibility index (Phi) is 5.82. The Morgan fingerprint density at radius 1 is 1.18 bits per heavy atom. The van der Waals surface area contributed by atoms with E-state index in [1.165, 1.54) is 24.3 Å². The number of fused-ring (bicyclic) bond motifs is 5. The Labute approximate surface area is 223 Å². The van der Waals surface area contributed by atoms with E-state index < -0.39 is 5.57 Å². The Balaban J connectivity index is 1.33. The van der Waals surface area contributed by atoms with Crippen LogP contribution >= 0.6 is 11.6 Å². The molecule has 38 heavy (non-hydrogen) atoms. The zero-order valence-corrected chi connectivity index (χ0v) is 21.5. The van der Waals surface area contributed by atoms with Gasteiger partial charge in [-0.15, -0.1) is 8.78 Å². The van der Waals surface area contributed by atoms with E-state index in [4.69, 9.17) is 11.6 Å². The van der Waals surface area contributed by atoms with Crippen molar-refractivity contribution in [2.75, 3.05) is 5.32 Å². The van der Waals surface area contributed by atoms with Crippen LogP contribution in [0.25, 0.3) is 5.57 Å². The van der Waals surface area contributed by atoms with Gasteiger partial charge >= 0.3 is 5.57 Å². The number of rotatable bonds is 5. The predicted molar refractivity (Wildman–Crippen MR) is 137 cm³/mol. The number of amides is 2. The average molecular weight is 542 g/mol. The van der Waals surface area contributed by atoms with E-state index in [2.05, 4.69) is 38.4 Å². The monoisotopic (exact) mass is 541 g/mol. The van der Waals surface area contributed by atoms with E-state index in [9.17, 15) is 18.4 Å². The van der Waals surface area contributed by atoms with Gasteiger partial charge in [0.15, 0.2) is 0 Å². The highest BCUT2D eigenvalue weighted by Gasteiger charge is 2.55. The summed E-state index contributed by atoms with van der Waals surface area (Å²) in [6.45, 7) is 3.67. The largest absolute Gasteiger partial charge is 0.487 e. The van der Waals surface area contributed by atoms with Gasteiger partial charge in [0.05, 0.1) is 11.7 Å². The molecular formula is C27H26ClF2N5O3. The second-order valence-electron chi connectivity index (χ2n) is 10.0. The highest BCUT2D eigenvalue weighted by atomic mass is 35.5. The number of alkyl halides is 3. The zero-order valence-electron chi connectivity index (χ0n) is 20.7. The van der Waals surface area contributed by atoms with Crippen molar-refractivity contribution in [3.63, 3.8) is 0 Å². The molecular weight excluding hydrogens is 516 g/mol. The molecule has 0 bridgehead atoms. The van der Waals surface area contributed by atoms with E-state index in [1.54, 1.807) is 13.1 Å². The van der Waals surface area contributed by atoms with Gasteiger partial charge in [0.25, 0.3) is 5.91 Å². The number of benzene rings is 1. The molecule has 3 heterocycles. The summed E-state index contributed by atoms with van der Waals surface area (Å²) in [4.78, 5) is 27.6. The summed E-state index contributed by atoms with van der Waals surface area (Å²) in [6.07, 6.45) is 9.41. The number of anilines is 1. The van der Waals surface area contributed by atoms with Crippen molar-refractivity contribution < 1.29 is 23.1 Å². The molecule has 5 unspecified atom stereocenters. The van der Waals surface area contributed by atoms with Crippen LogP contribution in [-0.4, -0.2) is 44.1 Å². The number of ether oxygens (including phenoxy) is 1. The fourth-order valence-corrected chi connectivity index (χ4v) is 6.57. The molecule has 2 aliphatic carbocycles. The minimum absolute atomic E-state index is 0.0354. The number of carbonyl (C=O) groups excluding carboxylic acids is 2. The molecule has 1 aromatic carbocycles. The van der Waals surface area contributed by atoms with Crippen LogP contribution in [0.5, 0.6) is 5.75 Å². The van der Waals surface area contributed by atoms with E-state index in [0.717, 1.165) is 29.8 Å². The number of nitrogens with one attached hydrogen (secondary N) is 2. The zero-order chi connectivity index (χ0) is 26.8. The first kappa shape index (κ1) is 24.7. The molecule has 2 aliphatic heterocycles. The van der Waals surface area contributed by atoms with E-state index in [0.29, 0.717) is 17.2 Å². The fourth-order valence-electron chi connectivity index (χ4n) is 6.48. The summed E-state index contributed by atoms with van der Waals surface area (Å²) in [5.41, 5.74) is 0.0935. The SMILES string of the molecule is CC(=O)NC1CCC2C3C=CC(C(=O)Nc4ccc(OC(F)(F)Cl)cc4)=CC4=C3N(C12)C(C)n1nccc14. The first-order chi connectivity index (χ1) is 18.1. The molecule has 2 fully saturated rings. The number of hydrogen-bond acceptors (Lipinski definition) is 5. The summed E-state index contributed by atoms with van der Waals surface area (Å²) in [5.74, 6) is -0.101. The molecule has 1 saturated carbocycles. The van der Waals surface area contributed by atoms with Gasteiger partial charge in [0.1, 0.15) is 11.9 Å². The Hall–Kier alpha value is -3.66. The average Bonchev–Trinajstić information content (AvgIpc) is 3.52. The van der Waals surface area contributed by atoms with E-state index in [-0.39, 0.29) is 41.7 Å². The molecule has 6 rings (SSSR count). The Morgan fingerprint density at radius 3 is 2.66 bits per heavy atom. The maximum absolute atomic E-state index is 13.3. The van der Waals surface area contributed by atoms with Gasteiger partial charge in [-0.2, -0.15) is 5.10 Å². The lowest BCUT2D eigenvalue weighted by Crippen LogP contribution is -2.49. The van der Waals surface area contributed by atoms with Crippen LogP contribution in [-0.2, 0) is 9.59 Å². The number of aromatic nitrogens is 2. The number of nitrogens with zero attached hydrogens (tertiary/aromatic N) is 3. The normalized spacial score (nSPS) is 27.2. The van der Waals surface area contributed by atoms with Crippen LogP contribution in [0.1, 0.15) is 38.5 Å². The van der Waals surface area contributed by atoms with Gasteiger partial charge in [-0.05, 0) is 62.1 Å². The molecule has 2 amide bonds. The first-order valence-electron chi connectivity index (χ1n) is 12.5. The second kappa shape index (κ2) is 8.97. The van der Waals surface area contributed by atoms with Crippen LogP contribution in [0.2, 0.25) is 0 Å². The highest BCUT2D eigenvalue weighted by molar-refractivity contribution is 6.20. The number of carbonyl (C=O) groups is 2. The molecule has 0 spiro atoms. The highest BCUT2D eigenvalue weighted by Crippen LogP contribution is 2.55. The third-order valence-electron chi connectivity index (χ3n) is 7.80. The Bertz CT molecular complexity index is 1390. The lowest BCUT2D eigenvalue weighted by molar-refractivity contribution is -0.120. The van der Waals surface area contributed by atoms with Crippen LogP contribution in [0, 0.1) is 11.8 Å². The number of allylic oxidation sites excluding steroid dienone is 3. The third kappa shape index (κ3) is 4.16. The summed E-state index contributed by atoms with van der Waals surface area (Å²) in [7, 11) is 0. The van der Waals surface area contributed by atoms with Gasteiger partial charge in [0, 0.05) is 59.2 Å². The van der Waals surface area contributed by atoms with Crippen molar-refractivity contribution in [3.8, 4) is 5.75 Å². The van der Waals surface area contributed by atoms with Crippen LogP contribution < -0.4 is 15.4 Å². The number of halogens is 3. The number of hydrogen-bond donors (Lipinski definition) is 2. The maximum Gasteiger partial charge on any atom is 0.487 e. The maximum atomic E-state index is 13.3. The predicted octanol–water partition coefficient (Wildman–Crippen LogP) is 4.64. The summed E-state index contributed by atoms with van der Waals surface area (Å²) >= 11 is 4.82. The minimum atomic E-state index is -3.81. The van der Waals surface area contributed by atoms with E-state index >= 15 is 0 Å². The van der Waals surface area contributed by atoms with Crippen LogP contribution in [0.3, 0.4) is 0 Å². The quantitative estimate of drug-likeness (QED) is 0.538. The van der Waals surface area contributed by atoms with Gasteiger partial charge in [-0.1, -0.05) is 12.2 Å². The molecule has 1 saturated heterocycles. The molecule has 0 radical (unpaired) electrons. The van der Waals surface area contributed by atoms with Crippen molar-refractivity contribution in [3.05, 3.63) is 71.7 Å². The van der Waals surface area contributed by atoms with Crippen LogP contribution in [0.15, 0.2) is 66.0 Å². The summed E-state index contributed by atoms with van der Waals surface area (Å²) < 4.78 is 32.1. The summed E-state index contributed by atoms with van der Waals surface area (Å²) in [6, 6.07) is 7.69. The van der Waals surface area contributed by atoms with Crippen molar-refractivity contribution in [2.45, 2.75) is 50.5 Å². The molecule has 1 aromatic heterocycles. The lowest BCUT2D eigenvalue weighted by atomic mass is 9.88. The standard InChI is InChI=1S/C27H26ClF2N5O3/c1-14(36)32-22-10-9-20-19-8-3-16(26(37)33-17-4-6-18(7-5-17)38-27(28,29)30)13-21-23-11-12-31-35(23)15(2)34(24(19)21)25(20)22/h3-8,11-13,15,19-20,22,25H,9-10H2,1-2H3,(H,32,36)(H,33,37). The summed E-state index contributed by atoms with van der Waals surface area (Å²) in [5, 5.41) is 10.6. The second-order valence-corrected chi connectivity index (χ2v) is 10.5. The Morgan fingerprint density at radius 2 is 1.95 bits per heavy atom. The van der Waals surface area contributed by atoms with Crippen molar-refractivity contribution >= 4 is 34.7 Å². The molecule has 11 heteroatoms. The third-order valence-corrected chi connectivity index (χ3v) is 7.87. The van der Waals surface area contributed by atoms with Gasteiger partial charge in [0.2, 0.25) is 5.91 Å². The van der Waals surface area contributed by atoms with Gasteiger partial charge < -0.3 is 20.3 Å². The van der Waals surface area contributed by atoms with E-state index in [1.807, 2.05) is 22.9 Å². The molecule has 4 aliphatic rings.